The highest BCUT2D eigenvalue weighted by Crippen LogP contribution is 2.26. The first-order chi connectivity index (χ1) is 7.99. The van der Waals surface area contributed by atoms with E-state index in [1.165, 1.54) is 13.0 Å². The fourth-order valence-corrected chi connectivity index (χ4v) is 1.71. The van der Waals surface area contributed by atoms with Crippen molar-refractivity contribution in [3.8, 4) is 5.88 Å². The number of nitrogens with two attached hydrogens (primary N) is 1. The molecule has 0 saturated carbocycles. The van der Waals surface area contributed by atoms with E-state index < -0.39 is 6.03 Å². The van der Waals surface area contributed by atoms with Crippen LogP contribution in [0.1, 0.15) is 6.92 Å². The minimum Gasteiger partial charge on any atom is -0.494 e. The Morgan fingerprint density at radius 1 is 1.35 bits per heavy atom. The summed E-state index contributed by atoms with van der Waals surface area (Å²) < 4.78 is 0.993. The van der Waals surface area contributed by atoms with Crippen molar-refractivity contribution in [3.05, 3.63) is 24.3 Å². The van der Waals surface area contributed by atoms with Crippen LogP contribution in [0.5, 0.6) is 5.88 Å². The van der Waals surface area contributed by atoms with Crippen LogP contribution in [0.2, 0.25) is 0 Å². The molecule has 0 bridgehead atoms. The highest BCUT2D eigenvalue weighted by Gasteiger charge is 2.12. The highest BCUT2D eigenvalue weighted by atomic mass is 16.3. The second kappa shape index (κ2) is 3.82. The third-order valence-electron chi connectivity index (χ3n) is 2.32. The number of primary amides is 1. The van der Waals surface area contributed by atoms with E-state index in [0.717, 1.165) is 4.57 Å². The van der Waals surface area contributed by atoms with Gasteiger partial charge in [0.2, 0.25) is 5.91 Å². The van der Waals surface area contributed by atoms with Gasteiger partial charge in [-0.2, -0.15) is 0 Å². The Labute approximate surface area is 96.6 Å². The second-order valence-corrected chi connectivity index (χ2v) is 3.63. The number of carbonyl (C=O) groups is 2. The van der Waals surface area contributed by atoms with Gasteiger partial charge in [0, 0.05) is 24.1 Å². The summed E-state index contributed by atoms with van der Waals surface area (Å²) in [6.45, 7) is 1.40. The number of nitrogens with one attached hydrogen (secondary N) is 1. The van der Waals surface area contributed by atoms with Crippen LogP contribution in [-0.2, 0) is 4.79 Å². The molecule has 1 aromatic heterocycles. The summed E-state index contributed by atoms with van der Waals surface area (Å²) in [5.41, 5.74) is 6.22. The molecular formula is C11H11N3O3. The maximum Gasteiger partial charge on any atom is 0.326 e. The van der Waals surface area contributed by atoms with E-state index in [0.29, 0.717) is 16.6 Å². The number of carbonyl (C=O) groups excluding carboxylic acids is 2. The largest absolute Gasteiger partial charge is 0.494 e. The number of rotatable bonds is 1. The molecule has 0 aliphatic carbocycles. The van der Waals surface area contributed by atoms with Crippen molar-refractivity contribution < 1.29 is 14.7 Å². The first-order valence-electron chi connectivity index (χ1n) is 4.91. The minimum absolute atomic E-state index is 0.192. The quantitative estimate of drug-likeness (QED) is 0.691. The molecule has 0 saturated heterocycles. The fraction of sp³-hybridized carbons (Fsp3) is 0.0909. The summed E-state index contributed by atoms with van der Waals surface area (Å²) in [4.78, 5) is 22.0. The molecule has 0 aliphatic heterocycles. The molecule has 6 heteroatoms. The molecule has 4 N–H and O–H groups in total. The van der Waals surface area contributed by atoms with Crippen LogP contribution in [0.4, 0.5) is 10.5 Å². The summed E-state index contributed by atoms with van der Waals surface area (Å²) in [5.74, 6) is -0.421. The number of amides is 2. The summed E-state index contributed by atoms with van der Waals surface area (Å²) in [5, 5.41) is 12.8. The Hall–Kier alpha value is -2.50. The summed E-state index contributed by atoms with van der Waals surface area (Å²) in [7, 11) is 0. The number of fused-ring (bicyclic) bond motifs is 1. The highest BCUT2D eigenvalue weighted by molar-refractivity contribution is 5.97. The van der Waals surface area contributed by atoms with Crippen molar-refractivity contribution in [2.24, 2.45) is 5.73 Å². The Balaban J connectivity index is 2.57. The molecule has 88 valence electrons. The zero-order chi connectivity index (χ0) is 12.6. The van der Waals surface area contributed by atoms with Crippen LogP contribution in [0.3, 0.4) is 0 Å². The number of hydrogen-bond acceptors (Lipinski definition) is 3. The predicted molar refractivity (Wildman–Crippen MR) is 62.9 cm³/mol. The zero-order valence-electron chi connectivity index (χ0n) is 9.10. The number of nitrogens with zero attached hydrogens (tertiary/aromatic N) is 1. The van der Waals surface area contributed by atoms with Gasteiger partial charge in [-0.05, 0) is 18.2 Å². The fourth-order valence-electron chi connectivity index (χ4n) is 1.71. The van der Waals surface area contributed by atoms with Crippen molar-refractivity contribution in [2.75, 3.05) is 5.32 Å². The van der Waals surface area contributed by atoms with Crippen molar-refractivity contribution in [1.82, 2.24) is 4.57 Å². The van der Waals surface area contributed by atoms with Crippen LogP contribution < -0.4 is 11.1 Å². The lowest BCUT2D eigenvalue weighted by Gasteiger charge is -2.03. The molecule has 0 atom stereocenters. The van der Waals surface area contributed by atoms with Gasteiger partial charge in [0.25, 0.3) is 0 Å². The van der Waals surface area contributed by atoms with Gasteiger partial charge >= 0.3 is 6.03 Å². The zero-order valence-corrected chi connectivity index (χ0v) is 9.10. The molecular weight excluding hydrogens is 222 g/mol. The SMILES string of the molecule is CC(=O)Nc1ccc2c(c1)cc(O)n2C(N)=O. The van der Waals surface area contributed by atoms with E-state index in [-0.39, 0.29) is 11.8 Å². The smallest absolute Gasteiger partial charge is 0.326 e. The molecule has 0 unspecified atom stereocenters. The van der Waals surface area contributed by atoms with Crippen molar-refractivity contribution in [3.63, 3.8) is 0 Å². The molecule has 2 amide bonds. The molecule has 0 fully saturated rings. The topological polar surface area (TPSA) is 97.3 Å². The van der Waals surface area contributed by atoms with Gasteiger partial charge in [-0.3, -0.25) is 4.79 Å². The minimum atomic E-state index is -0.759. The normalized spacial score (nSPS) is 10.4. The molecule has 17 heavy (non-hydrogen) atoms. The average molecular weight is 233 g/mol. The third-order valence-corrected chi connectivity index (χ3v) is 2.32. The first kappa shape index (κ1) is 11.0. The summed E-state index contributed by atoms with van der Waals surface area (Å²) >= 11 is 0. The predicted octanol–water partition coefficient (Wildman–Crippen LogP) is 1.23. The van der Waals surface area contributed by atoms with Gasteiger partial charge in [0.15, 0.2) is 5.88 Å². The Morgan fingerprint density at radius 2 is 2.06 bits per heavy atom. The number of aromatic nitrogens is 1. The van der Waals surface area contributed by atoms with E-state index in [1.807, 2.05) is 0 Å². The lowest BCUT2D eigenvalue weighted by atomic mass is 10.2. The molecule has 2 aromatic rings. The van der Waals surface area contributed by atoms with Gasteiger partial charge in [-0.15, -0.1) is 0 Å². The number of hydrogen-bond donors (Lipinski definition) is 3. The first-order valence-corrected chi connectivity index (χ1v) is 4.91. The van der Waals surface area contributed by atoms with Crippen LogP contribution in [0.25, 0.3) is 10.9 Å². The standard InChI is InChI=1S/C11H11N3O3/c1-6(15)13-8-2-3-9-7(4-8)5-10(16)14(9)11(12)17/h2-5,16H,1H3,(H2,12,17)(H,13,15). The maximum atomic E-state index is 11.1. The van der Waals surface area contributed by atoms with Gasteiger partial charge in [-0.1, -0.05) is 0 Å². The number of anilines is 1. The van der Waals surface area contributed by atoms with E-state index in [9.17, 15) is 14.7 Å². The second-order valence-electron chi connectivity index (χ2n) is 3.63. The van der Waals surface area contributed by atoms with Gasteiger partial charge < -0.3 is 16.2 Å². The molecule has 0 spiro atoms. The Morgan fingerprint density at radius 3 is 2.65 bits per heavy atom. The van der Waals surface area contributed by atoms with Gasteiger partial charge in [0.05, 0.1) is 5.52 Å². The molecule has 6 nitrogen and oxygen atoms in total. The molecule has 2 rings (SSSR count). The lowest BCUT2D eigenvalue weighted by molar-refractivity contribution is -0.114. The summed E-state index contributed by atoms with van der Waals surface area (Å²) in [6, 6.07) is 5.53. The van der Waals surface area contributed by atoms with Gasteiger partial charge in [0.1, 0.15) is 0 Å². The lowest BCUT2D eigenvalue weighted by Crippen LogP contribution is -2.18. The third kappa shape index (κ3) is 1.92. The monoisotopic (exact) mass is 233 g/mol. The van der Waals surface area contributed by atoms with Crippen LogP contribution in [0.15, 0.2) is 24.3 Å². The number of aromatic hydroxyl groups is 1. The number of benzene rings is 1. The molecule has 1 aromatic carbocycles. The maximum absolute atomic E-state index is 11.1. The van der Waals surface area contributed by atoms with Crippen LogP contribution in [0, 0.1) is 0 Å². The van der Waals surface area contributed by atoms with E-state index in [2.05, 4.69) is 5.32 Å². The van der Waals surface area contributed by atoms with Crippen LogP contribution >= 0.6 is 0 Å². The van der Waals surface area contributed by atoms with Crippen molar-refractivity contribution in [2.45, 2.75) is 6.92 Å². The van der Waals surface area contributed by atoms with Gasteiger partial charge in [-0.25, -0.2) is 9.36 Å². The van der Waals surface area contributed by atoms with E-state index in [4.69, 9.17) is 5.73 Å². The van der Waals surface area contributed by atoms with Crippen LogP contribution in [-0.4, -0.2) is 21.6 Å². The average Bonchev–Trinajstić information content (AvgIpc) is 2.51. The van der Waals surface area contributed by atoms with Crippen molar-refractivity contribution >= 4 is 28.5 Å². The summed E-state index contributed by atoms with van der Waals surface area (Å²) in [6.07, 6.45) is 0. The Kier molecular flexibility index (Phi) is 2.47. The molecule has 0 aliphatic rings. The van der Waals surface area contributed by atoms with E-state index >= 15 is 0 Å². The van der Waals surface area contributed by atoms with Crippen molar-refractivity contribution in [1.29, 1.82) is 0 Å². The van der Waals surface area contributed by atoms with E-state index in [1.54, 1.807) is 18.2 Å². The molecule has 0 radical (unpaired) electrons. The molecule has 1 heterocycles. The Bertz CT molecular complexity index is 616.